The van der Waals surface area contributed by atoms with Gasteiger partial charge >= 0.3 is 0 Å². The number of thioether (sulfide) groups is 1. The molecule has 2 rings (SSSR count). The standard InChI is InChI=1S/C17H20S2/c1-11-6-12(2)8-16(7-11)19-17-13(3)9-15(18-5)10-14(17)4/h6-10H,1-5H3. The van der Waals surface area contributed by atoms with E-state index in [-0.39, 0.29) is 0 Å². The number of hydrogen-bond acceptors (Lipinski definition) is 2. The fourth-order valence-electron chi connectivity index (χ4n) is 2.30. The van der Waals surface area contributed by atoms with Gasteiger partial charge in [-0.15, -0.1) is 11.8 Å². The molecule has 0 atom stereocenters. The number of benzene rings is 2. The van der Waals surface area contributed by atoms with Gasteiger partial charge in [0.1, 0.15) is 0 Å². The van der Waals surface area contributed by atoms with E-state index >= 15 is 0 Å². The molecule has 0 heterocycles. The van der Waals surface area contributed by atoms with Gasteiger partial charge in [0.2, 0.25) is 0 Å². The molecule has 0 unspecified atom stereocenters. The maximum Gasteiger partial charge on any atom is 0.0181 e. The van der Waals surface area contributed by atoms with Crippen LogP contribution in [0.25, 0.3) is 0 Å². The molecule has 0 saturated carbocycles. The minimum absolute atomic E-state index is 1.33. The predicted molar refractivity (Wildman–Crippen MR) is 87.7 cm³/mol. The van der Waals surface area contributed by atoms with Crippen LogP contribution in [0.5, 0.6) is 0 Å². The summed E-state index contributed by atoms with van der Waals surface area (Å²) in [5.74, 6) is 0. The summed E-state index contributed by atoms with van der Waals surface area (Å²) in [4.78, 5) is 4.07. The molecule has 0 aliphatic rings. The third-order valence-electron chi connectivity index (χ3n) is 3.08. The maximum atomic E-state index is 2.28. The van der Waals surface area contributed by atoms with E-state index < -0.39 is 0 Å². The molecule has 0 bridgehead atoms. The largest absolute Gasteiger partial charge is 0.130 e. The third kappa shape index (κ3) is 3.58. The minimum atomic E-state index is 1.33. The zero-order valence-electron chi connectivity index (χ0n) is 12.2. The lowest BCUT2D eigenvalue weighted by atomic mass is 10.1. The van der Waals surface area contributed by atoms with Crippen LogP contribution in [0.2, 0.25) is 0 Å². The molecule has 0 saturated heterocycles. The molecule has 100 valence electrons. The zero-order valence-corrected chi connectivity index (χ0v) is 13.8. The molecule has 2 heteroatoms. The molecule has 0 radical (unpaired) electrons. The van der Waals surface area contributed by atoms with Gasteiger partial charge in [0.05, 0.1) is 0 Å². The number of aryl methyl sites for hydroxylation is 4. The van der Waals surface area contributed by atoms with Gasteiger partial charge in [-0.25, -0.2) is 0 Å². The molecule has 0 N–H and O–H groups in total. The van der Waals surface area contributed by atoms with E-state index in [9.17, 15) is 0 Å². The van der Waals surface area contributed by atoms with Crippen molar-refractivity contribution in [2.24, 2.45) is 0 Å². The highest BCUT2D eigenvalue weighted by Gasteiger charge is 2.07. The molecule has 2 aromatic carbocycles. The SMILES string of the molecule is CSc1cc(C)c(Sc2cc(C)cc(C)c2)c(C)c1. The van der Waals surface area contributed by atoms with Crippen molar-refractivity contribution in [1.82, 2.24) is 0 Å². The highest BCUT2D eigenvalue weighted by atomic mass is 32.2. The fraction of sp³-hybridized carbons (Fsp3) is 0.294. The lowest BCUT2D eigenvalue weighted by Crippen LogP contribution is -1.88. The van der Waals surface area contributed by atoms with Crippen LogP contribution in [0, 0.1) is 27.7 Å². The van der Waals surface area contributed by atoms with Crippen LogP contribution in [0.15, 0.2) is 45.0 Å². The first-order valence-electron chi connectivity index (χ1n) is 6.41. The summed E-state index contributed by atoms with van der Waals surface area (Å²) in [6.07, 6.45) is 2.13. The summed E-state index contributed by atoms with van der Waals surface area (Å²) in [7, 11) is 0. The van der Waals surface area contributed by atoms with Gasteiger partial charge in [0.25, 0.3) is 0 Å². The highest BCUT2D eigenvalue weighted by Crippen LogP contribution is 2.35. The lowest BCUT2D eigenvalue weighted by molar-refractivity contribution is 1.16. The lowest BCUT2D eigenvalue weighted by Gasteiger charge is -2.12. The number of hydrogen-bond donors (Lipinski definition) is 0. The van der Waals surface area contributed by atoms with Crippen LogP contribution >= 0.6 is 23.5 Å². The normalized spacial score (nSPS) is 10.8. The molecule has 0 spiro atoms. The Hall–Kier alpha value is -0.860. The second-order valence-electron chi connectivity index (χ2n) is 5.02. The smallest absolute Gasteiger partial charge is 0.0181 e. The van der Waals surface area contributed by atoms with Crippen molar-refractivity contribution in [1.29, 1.82) is 0 Å². The van der Waals surface area contributed by atoms with Crippen molar-refractivity contribution in [3.63, 3.8) is 0 Å². The van der Waals surface area contributed by atoms with E-state index in [1.807, 2.05) is 23.5 Å². The van der Waals surface area contributed by atoms with E-state index in [0.29, 0.717) is 0 Å². The molecule has 0 nitrogen and oxygen atoms in total. The summed E-state index contributed by atoms with van der Waals surface area (Å²) < 4.78 is 0. The van der Waals surface area contributed by atoms with Gasteiger partial charge in [0, 0.05) is 14.7 Å². The van der Waals surface area contributed by atoms with Crippen LogP contribution in [0.3, 0.4) is 0 Å². The summed E-state index contributed by atoms with van der Waals surface area (Å²) in [5.41, 5.74) is 5.40. The van der Waals surface area contributed by atoms with E-state index in [4.69, 9.17) is 0 Å². The van der Waals surface area contributed by atoms with Crippen molar-refractivity contribution in [3.05, 3.63) is 52.6 Å². The summed E-state index contributed by atoms with van der Waals surface area (Å²) in [6, 6.07) is 11.3. The molecule has 0 aliphatic carbocycles. The quantitative estimate of drug-likeness (QED) is 0.655. The summed E-state index contributed by atoms with van der Waals surface area (Å²) in [6.45, 7) is 8.73. The van der Waals surface area contributed by atoms with Gasteiger partial charge in [-0.1, -0.05) is 17.8 Å². The Balaban J connectivity index is 2.38. The van der Waals surface area contributed by atoms with Crippen LogP contribution in [0.1, 0.15) is 22.3 Å². The van der Waals surface area contributed by atoms with Crippen LogP contribution in [-0.4, -0.2) is 6.26 Å². The predicted octanol–water partition coefficient (Wildman–Crippen LogP) is 5.79. The Kier molecular flexibility index (Phi) is 4.64. The average molecular weight is 288 g/mol. The highest BCUT2D eigenvalue weighted by molar-refractivity contribution is 7.99. The first-order chi connectivity index (χ1) is 8.99. The van der Waals surface area contributed by atoms with Gasteiger partial charge < -0.3 is 0 Å². The Morgan fingerprint density at radius 1 is 0.684 bits per heavy atom. The zero-order chi connectivity index (χ0) is 14.0. The van der Waals surface area contributed by atoms with Gasteiger partial charge in [-0.05, 0) is 80.5 Å². The summed E-state index contributed by atoms with van der Waals surface area (Å²) >= 11 is 3.69. The van der Waals surface area contributed by atoms with Gasteiger partial charge in [0.15, 0.2) is 0 Å². The van der Waals surface area contributed by atoms with Crippen molar-refractivity contribution < 1.29 is 0 Å². The maximum absolute atomic E-state index is 2.28. The van der Waals surface area contributed by atoms with Crippen molar-refractivity contribution in [3.8, 4) is 0 Å². The first kappa shape index (κ1) is 14.5. The molecule has 0 aliphatic heterocycles. The van der Waals surface area contributed by atoms with Crippen molar-refractivity contribution in [2.75, 3.05) is 6.26 Å². The molecule has 0 fully saturated rings. The minimum Gasteiger partial charge on any atom is -0.130 e. The van der Waals surface area contributed by atoms with Gasteiger partial charge in [-0.2, -0.15) is 0 Å². The Morgan fingerprint density at radius 2 is 1.21 bits per heavy atom. The Morgan fingerprint density at radius 3 is 1.68 bits per heavy atom. The molecule has 19 heavy (non-hydrogen) atoms. The fourth-order valence-corrected chi connectivity index (χ4v) is 4.05. The van der Waals surface area contributed by atoms with E-state index in [0.717, 1.165) is 0 Å². The van der Waals surface area contributed by atoms with Gasteiger partial charge in [-0.3, -0.25) is 0 Å². The monoisotopic (exact) mass is 288 g/mol. The van der Waals surface area contributed by atoms with E-state index in [2.05, 4.69) is 64.3 Å². The Bertz CT molecular complexity index is 557. The second kappa shape index (κ2) is 6.06. The second-order valence-corrected chi connectivity index (χ2v) is 6.98. The third-order valence-corrected chi connectivity index (χ3v) is 5.11. The van der Waals surface area contributed by atoms with E-state index in [1.54, 1.807) is 0 Å². The van der Waals surface area contributed by atoms with Crippen molar-refractivity contribution >= 4 is 23.5 Å². The van der Waals surface area contributed by atoms with Crippen LogP contribution < -0.4 is 0 Å². The molecule has 0 aromatic heterocycles. The first-order valence-corrected chi connectivity index (χ1v) is 8.45. The van der Waals surface area contributed by atoms with Crippen LogP contribution in [0.4, 0.5) is 0 Å². The molecule has 2 aromatic rings. The van der Waals surface area contributed by atoms with Crippen LogP contribution in [-0.2, 0) is 0 Å². The number of rotatable bonds is 3. The van der Waals surface area contributed by atoms with E-state index in [1.165, 1.54) is 36.9 Å². The average Bonchev–Trinajstić information content (AvgIpc) is 2.32. The Labute approximate surface area is 125 Å². The molecular weight excluding hydrogens is 268 g/mol. The summed E-state index contributed by atoms with van der Waals surface area (Å²) in [5, 5.41) is 0. The molecule has 0 amide bonds. The molecular formula is C17H20S2. The van der Waals surface area contributed by atoms with Crippen molar-refractivity contribution in [2.45, 2.75) is 42.4 Å². The topological polar surface area (TPSA) is 0 Å².